The van der Waals surface area contributed by atoms with Gasteiger partial charge in [-0.1, -0.05) is 62.6 Å². The van der Waals surface area contributed by atoms with E-state index < -0.39 is 6.04 Å². The lowest BCUT2D eigenvalue weighted by Crippen LogP contribution is -2.50. The molecule has 0 bridgehead atoms. The van der Waals surface area contributed by atoms with Crippen LogP contribution < -0.4 is 10.1 Å². The molecule has 6 heteroatoms. The number of hydrogen-bond acceptors (Lipinski definition) is 3. The Morgan fingerprint density at radius 1 is 1.09 bits per heavy atom. The minimum absolute atomic E-state index is 0.107. The van der Waals surface area contributed by atoms with Crippen molar-refractivity contribution in [3.8, 4) is 5.75 Å². The second-order valence-electron chi connectivity index (χ2n) is 9.31. The van der Waals surface area contributed by atoms with Gasteiger partial charge in [-0.3, -0.25) is 9.59 Å². The largest absolute Gasteiger partial charge is 0.483 e. The lowest BCUT2D eigenvalue weighted by molar-refractivity contribution is -0.142. The molecule has 1 fully saturated rings. The predicted octanol–water partition coefficient (Wildman–Crippen LogP) is 5.74. The third-order valence-electron chi connectivity index (χ3n) is 6.32. The first-order valence-electron chi connectivity index (χ1n) is 11.8. The molecule has 33 heavy (non-hydrogen) atoms. The molecule has 2 aromatic rings. The van der Waals surface area contributed by atoms with Crippen molar-refractivity contribution >= 4 is 27.7 Å². The molecule has 0 saturated heterocycles. The zero-order chi connectivity index (χ0) is 24.0. The second kappa shape index (κ2) is 11.7. The quantitative estimate of drug-likeness (QED) is 0.464. The monoisotopic (exact) mass is 514 g/mol. The fraction of sp³-hybridized carbons (Fsp3) is 0.481. The number of aryl methyl sites for hydroxylation is 1. The Bertz CT molecular complexity index is 952. The molecule has 0 unspecified atom stereocenters. The Morgan fingerprint density at radius 3 is 2.36 bits per heavy atom. The molecule has 0 aromatic heterocycles. The molecule has 1 atom stereocenters. The highest BCUT2D eigenvalue weighted by Crippen LogP contribution is 2.29. The van der Waals surface area contributed by atoms with Crippen molar-refractivity contribution in [1.29, 1.82) is 0 Å². The standard InChI is InChI=1S/C27H35BrN2O3/c1-18(2)22-13-14-25(24(28)15-22)33-17-26(31)30(16-21-11-9-19(3)10-12-21)20(4)27(32)29-23-7-5-6-8-23/h9-15,18,20,23H,5-8,16-17H2,1-4H3,(H,29,32)/t20-/m1/s1. The van der Waals surface area contributed by atoms with E-state index in [4.69, 9.17) is 4.74 Å². The summed E-state index contributed by atoms with van der Waals surface area (Å²) in [4.78, 5) is 27.8. The molecule has 0 spiro atoms. The first-order chi connectivity index (χ1) is 15.7. The van der Waals surface area contributed by atoms with Crippen LogP contribution in [-0.2, 0) is 16.1 Å². The van der Waals surface area contributed by atoms with Crippen LogP contribution in [-0.4, -0.2) is 35.4 Å². The summed E-state index contributed by atoms with van der Waals surface area (Å²) >= 11 is 3.55. The number of carbonyl (C=O) groups excluding carboxylic acids is 2. The van der Waals surface area contributed by atoms with E-state index in [0.717, 1.165) is 41.3 Å². The smallest absolute Gasteiger partial charge is 0.261 e. The van der Waals surface area contributed by atoms with E-state index in [0.29, 0.717) is 18.2 Å². The Hall–Kier alpha value is -2.34. The van der Waals surface area contributed by atoms with Gasteiger partial charge in [-0.15, -0.1) is 0 Å². The first-order valence-corrected chi connectivity index (χ1v) is 12.6. The maximum atomic E-state index is 13.3. The van der Waals surface area contributed by atoms with Gasteiger partial charge in [0.15, 0.2) is 6.61 Å². The molecule has 1 aliphatic carbocycles. The van der Waals surface area contributed by atoms with E-state index in [9.17, 15) is 9.59 Å². The summed E-state index contributed by atoms with van der Waals surface area (Å²) in [5, 5.41) is 3.13. The van der Waals surface area contributed by atoms with Gasteiger partial charge in [0, 0.05) is 12.6 Å². The topological polar surface area (TPSA) is 58.6 Å². The third-order valence-corrected chi connectivity index (χ3v) is 6.94. The van der Waals surface area contributed by atoms with Crippen molar-refractivity contribution in [2.45, 2.75) is 77.9 Å². The number of ether oxygens (including phenoxy) is 1. The van der Waals surface area contributed by atoms with Gasteiger partial charge in [-0.25, -0.2) is 0 Å². The number of nitrogens with one attached hydrogen (secondary N) is 1. The van der Waals surface area contributed by atoms with Gasteiger partial charge < -0.3 is 15.0 Å². The summed E-state index contributed by atoms with van der Waals surface area (Å²) in [5.74, 6) is 0.696. The SMILES string of the molecule is Cc1ccc(CN(C(=O)COc2ccc(C(C)C)cc2Br)[C@H](C)C(=O)NC2CCCC2)cc1. The average Bonchev–Trinajstić information content (AvgIpc) is 3.30. The molecule has 0 aliphatic heterocycles. The van der Waals surface area contributed by atoms with Crippen molar-refractivity contribution in [2.75, 3.05) is 6.61 Å². The van der Waals surface area contributed by atoms with E-state index >= 15 is 0 Å². The number of amides is 2. The van der Waals surface area contributed by atoms with Crippen molar-refractivity contribution in [3.05, 3.63) is 63.6 Å². The molecular weight excluding hydrogens is 480 g/mol. The molecule has 0 radical (unpaired) electrons. The summed E-state index contributed by atoms with van der Waals surface area (Å²) in [7, 11) is 0. The number of benzene rings is 2. The van der Waals surface area contributed by atoms with E-state index in [1.807, 2.05) is 49.4 Å². The summed E-state index contributed by atoms with van der Waals surface area (Å²) in [6.45, 7) is 8.31. The van der Waals surface area contributed by atoms with Crippen LogP contribution in [0.4, 0.5) is 0 Å². The molecule has 1 N–H and O–H groups in total. The van der Waals surface area contributed by atoms with Gasteiger partial charge in [0.1, 0.15) is 11.8 Å². The van der Waals surface area contributed by atoms with E-state index in [2.05, 4.69) is 35.1 Å². The summed E-state index contributed by atoms with van der Waals surface area (Å²) < 4.78 is 6.68. The Balaban J connectivity index is 1.72. The van der Waals surface area contributed by atoms with E-state index in [-0.39, 0.29) is 24.5 Å². The summed E-state index contributed by atoms with van der Waals surface area (Å²) in [5.41, 5.74) is 3.33. The van der Waals surface area contributed by atoms with E-state index in [1.54, 1.807) is 11.8 Å². The molecule has 2 aromatic carbocycles. The predicted molar refractivity (Wildman–Crippen MR) is 135 cm³/mol. The zero-order valence-corrected chi connectivity index (χ0v) is 21.7. The van der Waals surface area contributed by atoms with Crippen LogP contribution in [0.1, 0.15) is 69.1 Å². The molecule has 1 saturated carbocycles. The number of nitrogens with zero attached hydrogens (tertiary/aromatic N) is 1. The lowest BCUT2D eigenvalue weighted by atomic mass is 10.0. The minimum atomic E-state index is -0.588. The van der Waals surface area contributed by atoms with Gasteiger partial charge in [0.2, 0.25) is 5.91 Å². The van der Waals surface area contributed by atoms with E-state index in [1.165, 1.54) is 5.56 Å². The fourth-order valence-electron chi connectivity index (χ4n) is 4.08. The number of rotatable bonds is 9. The zero-order valence-electron chi connectivity index (χ0n) is 20.1. The maximum absolute atomic E-state index is 13.3. The van der Waals surface area contributed by atoms with Gasteiger partial charge in [0.25, 0.3) is 5.91 Å². The second-order valence-corrected chi connectivity index (χ2v) is 10.2. The Labute approximate surface area is 206 Å². The van der Waals surface area contributed by atoms with Crippen LogP contribution in [0.3, 0.4) is 0 Å². The van der Waals surface area contributed by atoms with Crippen LogP contribution in [0, 0.1) is 6.92 Å². The number of halogens is 1. The van der Waals surface area contributed by atoms with Crippen LogP contribution >= 0.6 is 15.9 Å². The van der Waals surface area contributed by atoms with Crippen LogP contribution in [0.15, 0.2) is 46.9 Å². The molecule has 178 valence electrons. The van der Waals surface area contributed by atoms with Crippen molar-refractivity contribution in [2.24, 2.45) is 0 Å². The highest BCUT2D eigenvalue weighted by molar-refractivity contribution is 9.10. The van der Waals surface area contributed by atoms with Crippen molar-refractivity contribution in [1.82, 2.24) is 10.2 Å². The first kappa shape index (κ1) is 25.3. The molecule has 1 aliphatic rings. The van der Waals surface area contributed by atoms with Crippen LogP contribution in [0.2, 0.25) is 0 Å². The molecule has 3 rings (SSSR count). The van der Waals surface area contributed by atoms with Gasteiger partial charge >= 0.3 is 0 Å². The van der Waals surface area contributed by atoms with Crippen LogP contribution in [0.25, 0.3) is 0 Å². The fourth-order valence-corrected chi connectivity index (χ4v) is 4.59. The maximum Gasteiger partial charge on any atom is 0.261 e. The molecule has 2 amide bonds. The third kappa shape index (κ3) is 7.07. The summed E-state index contributed by atoms with van der Waals surface area (Å²) in [6.07, 6.45) is 4.30. The number of hydrogen-bond donors (Lipinski definition) is 1. The van der Waals surface area contributed by atoms with Crippen molar-refractivity contribution < 1.29 is 14.3 Å². The molecular formula is C27H35BrN2O3. The Kier molecular flexibility index (Phi) is 8.95. The Morgan fingerprint density at radius 2 is 1.76 bits per heavy atom. The van der Waals surface area contributed by atoms with Gasteiger partial charge in [-0.2, -0.15) is 0 Å². The lowest BCUT2D eigenvalue weighted by Gasteiger charge is -2.29. The summed E-state index contributed by atoms with van der Waals surface area (Å²) in [6, 6.07) is 13.6. The normalized spacial score (nSPS) is 14.8. The number of carbonyl (C=O) groups is 2. The van der Waals surface area contributed by atoms with Gasteiger partial charge in [0.05, 0.1) is 4.47 Å². The average molecular weight is 515 g/mol. The van der Waals surface area contributed by atoms with Gasteiger partial charge in [-0.05, 0) is 71.8 Å². The highest BCUT2D eigenvalue weighted by atomic mass is 79.9. The highest BCUT2D eigenvalue weighted by Gasteiger charge is 2.28. The van der Waals surface area contributed by atoms with Crippen LogP contribution in [0.5, 0.6) is 5.75 Å². The van der Waals surface area contributed by atoms with Crippen molar-refractivity contribution in [3.63, 3.8) is 0 Å². The minimum Gasteiger partial charge on any atom is -0.483 e. The molecule has 0 heterocycles. The molecule has 5 nitrogen and oxygen atoms in total.